The van der Waals surface area contributed by atoms with E-state index in [0.29, 0.717) is 0 Å². The van der Waals surface area contributed by atoms with Gasteiger partial charge in [0.1, 0.15) is 0 Å². The largest absolute Gasteiger partial charge is 0.351 e. The molecule has 0 spiro atoms. The van der Waals surface area contributed by atoms with Crippen LogP contribution in [0.4, 0.5) is 4.79 Å². The summed E-state index contributed by atoms with van der Waals surface area (Å²) in [6, 6.07) is 6.67. The Morgan fingerprint density at radius 1 is 1.23 bits per heavy atom. The molecule has 3 N–H and O–H groups in total. The molecule has 1 atom stereocenters. The van der Waals surface area contributed by atoms with E-state index in [9.17, 15) is 9.59 Å². The van der Waals surface area contributed by atoms with E-state index in [1.807, 2.05) is 24.3 Å². The molecule has 0 aromatic heterocycles. The number of urea groups is 1. The standard InChI is InChI=1S/C15H21ClN4O2/c1-11(14(21)18-15(17)22)20-8-6-19(7-9-20)10-12-2-4-13(16)5-3-12/h2-5,11H,6-10H2,1H3,(H3,17,18,21,22). The van der Waals surface area contributed by atoms with E-state index in [2.05, 4.69) is 15.1 Å². The molecule has 22 heavy (non-hydrogen) atoms. The molecule has 120 valence electrons. The Hall–Kier alpha value is -1.63. The van der Waals surface area contributed by atoms with Gasteiger partial charge in [-0.15, -0.1) is 0 Å². The summed E-state index contributed by atoms with van der Waals surface area (Å²) in [5, 5.41) is 2.87. The highest BCUT2D eigenvalue weighted by Crippen LogP contribution is 2.13. The summed E-state index contributed by atoms with van der Waals surface area (Å²) in [4.78, 5) is 26.9. The van der Waals surface area contributed by atoms with E-state index in [0.717, 1.165) is 37.7 Å². The van der Waals surface area contributed by atoms with E-state index in [1.165, 1.54) is 5.56 Å². The fraction of sp³-hybridized carbons (Fsp3) is 0.467. The van der Waals surface area contributed by atoms with E-state index >= 15 is 0 Å². The van der Waals surface area contributed by atoms with Gasteiger partial charge in [-0.25, -0.2) is 4.79 Å². The fourth-order valence-electron chi connectivity index (χ4n) is 2.55. The highest BCUT2D eigenvalue weighted by atomic mass is 35.5. The number of carbonyl (C=O) groups excluding carboxylic acids is 2. The van der Waals surface area contributed by atoms with Gasteiger partial charge in [-0.3, -0.25) is 19.9 Å². The average molecular weight is 325 g/mol. The third kappa shape index (κ3) is 4.69. The summed E-state index contributed by atoms with van der Waals surface area (Å²) in [7, 11) is 0. The van der Waals surface area contributed by atoms with Crippen LogP contribution in [-0.2, 0) is 11.3 Å². The van der Waals surface area contributed by atoms with Crippen LogP contribution in [0.5, 0.6) is 0 Å². The van der Waals surface area contributed by atoms with Gasteiger partial charge in [-0.05, 0) is 24.6 Å². The van der Waals surface area contributed by atoms with Crippen LogP contribution in [0.2, 0.25) is 5.02 Å². The second-order valence-electron chi connectivity index (χ2n) is 5.47. The Morgan fingerprint density at radius 3 is 2.36 bits per heavy atom. The van der Waals surface area contributed by atoms with Gasteiger partial charge in [-0.2, -0.15) is 0 Å². The van der Waals surface area contributed by atoms with Gasteiger partial charge < -0.3 is 5.73 Å². The quantitative estimate of drug-likeness (QED) is 0.867. The summed E-state index contributed by atoms with van der Waals surface area (Å²) in [5.74, 6) is -0.348. The number of carbonyl (C=O) groups is 2. The first-order chi connectivity index (χ1) is 10.5. The second-order valence-corrected chi connectivity index (χ2v) is 5.90. The van der Waals surface area contributed by atoms with Crippen molar-refractivity contribution in [3.8, 4) is 0 Å². The number of hydrogen-bond acceptors (Lipinski definition) is 4. The Morgan fingerprint density at radius 2 is 1.82 bits per heavy atom. The van der Waals surface area contributed by atoms with Gasteiger partial charge in [0.25, 0.3) is 0 Å². The molecule has 3 amide bonds. The Balaban J connectivity index is 1.81. The zero-order valence-corrected chi connectivity index (χ0v) is 13.3. The normalized spacial score (nSPS) is 17.9. The maximum atomic E-state index is 11.8. The van der Waals surface area contributed by atoms with Crippen molar-refractivity contribution in [1.29, 1.82) is 0 Å². The minimum absolute atomic E-state index is 0.348. The SMILES string of the molecule is CC(C(=O)NC(N)=O)N1CCN(Cc2ccc(Cl)cc2)CC1. The third-order valence-corrected chi connectivity index (χ3v) is 4.15. The minimum atomic E-state index is -0.807. The molecule has 1 heterocycles. The third-order valence-electron chi connectivity index (χ3n) is 3.90. The van der Waals surface area contributed by atoms with Crippen molar-refractivity contribution >= 4 is 23.5 Å². The van der Waals surface area contributed by atoms with Crippen LogP contribution in [0, 0.1) is 0 Å². The molecule has 1 unspecified atom stereocenters. The van der Waals surface area contributed by atoms with Gasteiger partial charge in [0.2, 0.25) is 5.91 Å². The zero-order chi connectivity index (χ0) is 16.1. The maximum Gasteiger partial charge on any atom is 0.318 e. The van der Waals surface area contributed by atoms with Crippen molar-refractivity contribution in [1.82, 2.24) is 15.1 Å². The maximum absolute atomic E-state index is 11.8. The number of benzene rings is 1. The van der Waals surface area contributed by atoms with Crippen molar-refractivity contribution in [3.05, 3.63) is 34.9 Å². The molecule has 2 rings (SSSR count). The molecule has 7 heteroatoms. The molecule has 1 aromatic rings. The lowest BCUT2D eigenvalue weighted by molar-refractivity contribution is -0.125. The number of piperazine rings is 1. The monoisotopic (exact) mass is 324 g/mol. The number of halogens is 1. The molecule has 0 bridgehead atoms. The number of nitrogens with zero attached hydrogens (tertiary/aromatic N) is 2. The summed E-state index contributed by atoms with van der Waals surface area (Å²) < 4.78 is 0. The van der Waals surface area contributed by atoms with Gasteiger partial charge in [-0.1, -0.05) is 23.7 Å². The number of nitrogens with two attached hydrogens (primary N) is 1. The molecule has 1 aromatic carbocycles. The zero-order valence-electron chi connectivity index (χ0n) is 12.6. The number of amides is 3. The number of rotatable bonds is 4. The summed E-state index contributed by atoms with van der Waals surface area (Å²) in [6.07, 6.45) is 0. The topological polar surface area (TPSA) is 78.7 Å². The lowest BCUT2D eigenvalue weighted by Crippen LogP contribution is -2.54. The number of nitrogens with one attached hydrogen (secondary N) is 1. The average Bonchev–Trinajstić information content (AvgIpc) is 2.49. The lowest BCUT2D eigenvalue weighted by atomic mass is 10.1. The molecule has 1 fully saturated rings. The minimum Gasteiger partial charge on any atom is -0.351 e. The smallest absolute Gasteiger partial charge is 0.318 e. The van der Waals surface area contributed by atoms with Gasteiger partial charge in [0.15, 0.2) is 0 Å². The van der Waals surface area contributed by atoms with Crippen LogP contribution in [0.15, 0.2) is 24.3 Å². The van der Waals surface area contributed by atoms with Gasteiger partial charge >= 0.3 is 6.03 Å². The molecule has 6 nitrogen and oxygen atoms in total. The highest BCUT2D eigenvalue weighted by Gasteiger charge is 2.26. The summed E-state index contributed by atoms with van der Waals surface area (Å²) >= 11 is 5.88. The van der Waals surface area contributed by atoms with E-state index in [1.54, 1.807) is 6.92 Å². The fourth-order valence-corrected chi connectivity index (χ4v) is 2.67. The van der Waals surface area contributed by atoms with Crippen LogP contribution in [0.3, 0.4) is 0 Å². The van der Waals surface area contributed by atoms with Crippen molar-refractivity contribution in [3.63, 3.8) is 0 Å². The van der Waals surface area contributed by atoms with Gasteiger partial charge in [0, 0.05) is 37.7 Å². The Bertz CT molecular complexity index is 527. The molecule has 1 aliphatic rings. The lowest BCUT2D eigenvalue weighted by Gasteiger charge is -2.37. The predicted octanol–water partition coefficient (Wildman–Crippen LogP) is 1.04. The number of primary amides is 1. The van der Waals surface area contributed by atoms with Gasteiger partial charge in [0.05, 0.1) is 6.04 Å². The van der Waals surface area contributed by atoms with Crippen molar-refractivity contribution in [2.45, 2.75) is 19.5 Å². The van der Waals surface area contributed by atoms with Crippen LogP contribution >= 0.6 is 11.6 Å². The van der Waals surface area contributed by atoms with Crippen molar-refractivity contribution in [2.75, 3.05) is 26.2 Å². The van der Waals surface area contributed by atoms with E-state index in [-0.39, 0.29) is 11.9 Å². The van der Waals surface area contributed by atoms with E-state index < -0.39 is 6.03 Å². The first-order valence-electron chi connectivity index (χ1n) is 7.27. The molecule has 0 radical (unpaired) electrons. The Kier molecular flexibility index (Phi) is 5.76. The van der Waals surface area contributed by atoms with Crippen LogP contribution in [0.1, 0.15) is 12.5 Å². The predicted molar refractivity (Wildman–Crippen MR) is 85.5 cm³/mol. The number of hydrogen-bond donors (Lipinski definition) is 2. The summed E-state index contributed by atoms with van der Waals surface area (Å²) in [6.45, 7) is 5.95. The molecular weight excluding hydrogens is 304 g/mol. The first kappa shape index (κ1) is 16.7. The highest BCUT2D eigenvalue weighted by molar-refractivity contribution is 6.30. The van der Waals surface area contributed by atoms with Crippen molar-refractivity contribution < 1.29 is 9.59 Å². The molecule has 0 aliphatic carbocycles. The molecule has 0 saturated carbocycles. The second kappa shape index (κ2) is 7.58. The van der Waals surface area contributed by atoms with Crippen LogP contribution < -0.4 is 11.1 Å². The van der Waals surface area contributed by atoms with Crippen LogP contribution in [-0.4, -0.2) is 54.0 Å². The van der Waals surface area contributed by atoms with E-state index in [4.69, 9.17) is 17.3 Å². The summed E-state index contributed by atoms with van der Waals surface area (Å²) in [5.41, 5.74) is 6.19. The molecule has 1 aliphatic heterocycles. The number of imide groups is 1. The molecule has 1 saturated heterocycles. The Labute approximate surface area is 135 Å². The van der Waals surface area contributed by atoms with Crippen LogP contribution in [0.25, 0.3) is 0 Å². The van der Waals surface area contributed by atoms with Crippen molar-refractivity contribution in [2.24, 2.45) is 5.73 Å². The first-order valence-corrected chi connectivity index (χ1v) is 7.64. The molecular formula is C15H21ClN4O2.